The Bertz CT molecular complexity index is 1080. The lowest BCUT2D eigenvalue weighted by molar-refractivity contribution is -0.384. The molecule has 0 spiro atoms. The Morgan fingerprint density at radius 1 is 1.22 bits per heavy atom. The highest BCUT2D eigenvalue weighted by atomic mass is 79.9. The van der Waals surface area contributed by atoms with Crippen molar-refractivity contribution in [2.75, 3.05) is 51.2 Å². The van der Waals surface area contributed by atoms with E-state index in [1.54, 1.807) is 0 Å². The zero-order chi connectivity index (χ0) is 27.0. The van der Waals surface area contributed by atoms with Crippen molar-refractivity contribution in [1.82, 2.24) is 15.1 Å². The number of ether oxygens (including phenoxy) is 1. The number of hydrogen-bond donors (Lipinski definition) is 2. The van der Waals surface area contributed by atoms with Gasteiger partial charge in [0, 0.05) is 49.2 Å². The Labute approximate surface area is 217 Å². The summed E-state index contributed by atoms with van der Waals surface area (Å²) in [7, 11) is 0. The molecule has 1 aromatic rings. The molecule has 3 aliphatic rings. The van der Waals surface area contributed by atoms with Crippen LogP contribution in [0.25, 0.3) is 0 Å². The zero-order valence-corrected chi connectivity index (χ0v) is 21.2. The van der Waals surface area contributed by atoms with Gasteiger partial charge < -0.3 is 25.2 Å². The maximum atomic E-state index is 13.8. The Morgan fingerprint density at radius 3 is 2.65 bits per heavy atom. The minimum atomic E-state index is -3.55. The molecule has 4 rings (SSSR count). The predicted octanol–water partition coefficient (Wildman–Crippen LogP) is 3.07. The highest BCUT2D eigenvalue weighted by Crippen LogP contribution is 2.36. The van der Waals surface area contributed by atoms with E-state index in [0.29, 0.717) is 19.4 Å². The van der Waals surface area contributed by atoms with Gasteiger partial charge in [-0.05, 0) is 18.9 Å². The lowest BCUT2D eigenvalue weighted by atomic mass is 9.94. The zero-order valence-electron chi connectivity index (χ0n) is 19.7. The van der Waals surface area contributed by atoms with Gasteiger partial charge in [0.1, 0.15) is 12.2 Å². The Hall–Kier alpha value is -2.52. The average Bonchev–Trinajstić information content (AvgIpc) is 2.82. The third-order valence-electron chi connectivity index (χ3n) is 6.60. The molecule has 37 heavy (non-hydrogen) atoms. The first-order chi connectivity index (χ1) is 17.3. The topological polar surface area (TPSA) is 117 Å². The molecule has 3 saturated heterocycles. The Balaban J connectivity index is 1.56. The number of hydrogen-bond acceptors (Lipinski definition) is 7. The lowest BCUT2D eigenvalue weighted by Crippen LogP contribution is -2.53. The van der Waals surface area contributed by atoms with Crippen LogP contribution in [0.5, 0.6) is 0 Å². The van der Waals surface area contributed by atoms with Crippen LogP contribution in [0.1, 0.15) is 29.6 Å². The molecule has 0 radical (unpaired) electrons. The number of amides is 2. The maximum absolute atomic E-state index is 13.8. The smallest absolute Gasteiger partial charge is 0.373 e. The molecule has 204 valence electrons. The second-order valence-electron chi connectivity index (χ2n) is 9.47. The highest BCUT2D eigenvalue weighted by molar-refractivity contribution is 9.10. The first-order valence-corrected chi connectivity index (χ1v) is 12.6. The molecule has 2 amide bonds. The summed E-state index contributed by atoms with van der Waals surface area (Å²) >= 11 is 3.14. The highest BCUT2D eigenvalue weighted by Gasteiger charge is 2.42. The number of benzene rings is 1. The van der Waals surface area contributed by atoms with Gasteiger partial charge in [-0.2, -0.15) is 8.78 Å². The van der Waals surface area contributed by atoms with Crippen molar-refractivity contribution in [2.45, 2.75) is 37.3 Å². The van der Waals surface area contributed by atoms with Crippen LogP contribution in [0.2, 0.25) is 0 Å². The van der Waals surface area contributed by atoms with Crippen LogP contribution in [0.4, 0.5) is 28.9 Å². The van der Waals surface area contributed by atoms with E-state index in [-0.39, 0.29) is 35.4 Å². The minimum Gasteiger partial charge on any atom is -0.374 e. The molecule has 3 fully saturated rings. The van der Waals surface area contributed by atoms with Crippen LogP contribution < -0.4 is 10.6 Å². The Morgan fingerprint density at radius 2 is 1.97 bits per heavy atom. The van der Waals surface area contributed by atoms with Crippen molar-refractivity contribution in [2.24, 2.45) is 5.92 Å². The van der Waals surface area contributed by atoms with Crippen LogP contribution in [-0.4, -0.2) is 90.5 Å². The van der Waals surface area contributed by atoms with Gasteiger partial charge in [0.2, 0.25) is 5.91 Å². The number of carbonyl (C=O) groups is 2. The molecular formula is C22H26BrF4N5O5. The normalized spacial score (nSPS) is 25.4. The number of anilines is 1. The van der Waals surface area contributed by atoms with E-state index in [9.17, 15) is 37.3 Å². The van der Waals surface area contributed by atoms with Gasteiger partial charge in [-0.3, -0.25) is 19.7 Å². The fraction of sp³-hybridized carbons (Fsp3) is 0.636. The van der Waals surface area contributed by atoms with Gasteiger partial charge in [-0.15, -0.1) is 0 Å². The van der Waals surface area contributed by atoms with Gasteiger partial charge in [0.15, 0.2) is 0 Å². The number of rotatable bonds is 5. The van der Waals surface area contributed by atoms with Crippen LogP contribution in [-0.2, 0) is 9.53 Å². The quantitative estimate of drug-likeness (QED) is 0.305. The lowest BCUT2D eigenvalue weighted by Gasteiger charge is -2.38. The fourth-order valence-corrected chi connectivity index (χ4v) is 5.36. The number of nitrogens with one attached hydrogen (secondary N) is 2. The second kappa shape index (κ2) is 10.7. The largest absolute Gasteiger partial charge is 0.374 e. The summed E-state index contributed by atoms with van der Waals surface area (Å²) in [6, 6.07) is 1.97. The third-order valence-corrected chi connectivity index (χ3v) is 7.05. The number of carbonyl (C=O) groups excluding carboxylic acids is 2. The van der Waals surface area contributed by atoms with E-state index in [0.717, 1.165) is 4.90 Å². The standard InChI is InChI=1S/C22H26BrF4N5O5/c23-14-6-16(20(34)31-4-5-37-22(26,27)12-31)18(17(7-14)32(35)36)29-15-2-1-3-30(10-15)19(33)13-8-21(24,25)11-28-9-13/h6-7,13,15,28-29H,1-5,8-12H2/t13?,15-/m1/s1. The molecule has 10 nitrogen and oxygen atoms in total. The second-order valence-corrected chi connectivity index (χ2v) is 10.4. The molecule has 2 atom stereocenters. The van der Waals surface area contributed by atoms with Gasteiger partial charge in [-0.1, -0.05) is 15.9 Å². The third kappa shape index (κ3) is 6.49. The van der Waals surface area contributed by atoms with E-state index in [2.05, 4.69) is 31.3 Å². The van der Waals surface area contributed by atoms with E-state index in [1.807, 2.05) is 0 Å². The summed E-state index contributed by atoms with van der Waals surface area (Å²) in [5.41, 5.74) is -0.783. The van der Waals surface area contributed by atoms with Crippen molar-refractivity contribution >= 4 is 39.1 Å². The van der Waals surface area contributed by atoms with E-state index < -0.39 is 72.5 Å². The molecule has 15 heteroatoms. The van der Waals surface area contributed by atoms with Gasteiger partial charge in [0.05, 0.1) is 29.6 Å². The summed E-state index contributed by atoms with van der Waals surface area (Å²) in [5, 5.41) is 17.4. The maximum Gasteiger partial charge on any atom is 0.373 e. The van der Waals surface area contributed by atoms with Gasteiger partial charge in [0.25, 0.3) is 17.5 Å². The Kier molecular flexibility index (Phi) is 7.95. The van der Waals surface area contributed by atoms with E-state index >= 15 is 0 Å². The van der Waals surface area contributed by atoms with Crippen molar-refractivity contribution in [3.8, 4) is 0 Å². The fourth-order valence-electron chi connectivity index (χ4n) is 4.92. The van der Waals surface area contributed by atoms with E-state index in [4.69, 9.17) is 0 Å². The predicted molar refractivity (Wildman–Crippen MR) is 127 cm³/mol. The van der Waals surface area contributed by atoms with E-state index in [1.165, 1.54) is 17.0 Å². The molecule has 0 aliphatic carbocycles. The monoisotopic (exact) mass is 595 g/mol. The number of alkyl halides is 4. The van der Waals surface area contributed by atoms with Crippen LogP contribution in [0, 0.1) is 16.0 Å². The summed E-state index contributed by atoms with van der Waals surface area (Å²) < 4.78 is 59.8. The summed E-state index contributed by atoms with van der Waals surface area (Å²) in [5.74, 6) is -5.16. The van der Waals surface area contributed by atoms with Crippen molar-refractivity contribution in [1.29, 1.82) is 0 Å². The van der Waals surface area contributed by atoms with Crippen molar-refractivity contribution < 1.29 is 36.8 Å². The minimum absolute atomic E-state index is 0.0807. The molecule has 3 aliphatic heterocycles. The first-order valence-electron chi connectivity index (χ1n) is 11.8. The number of nitro groups is 1. The molecular weight excluding hydrogens is 570 g/mol. The summed E-state index contributed by atoms with van der Waals surface area (Å²) in [6.07, 6.45) is -3.12. The van der Waals surface area contributed by atoms with Crippen LogP contribution >= 0.6 is 15.9 Å². The van der Waals surface area contributed by atoms with Crippen LogP contribution in [0.15, 0.2) is 16.6 Å². The SMILES string of the molecule is O=C(c1cc(Br)cc([N+](=O)[O-])c1N[C@@H]1CCCN(C(=O)C2CNCC(F)(F)C2)C1)N1CCOC(F)(F)C1. The molecule has 1 aromatic carbocycles. The number of nitrogens with zero attached hydrogens (tertiary/aromatic N) is 3. The number of morpholine rings is 1. The molecule has 2 N–H and O–H groups in total. The summed E-state index contributed by atoms with van der Waals surface area (Å²) in [6.45, 7) is -1.46. The molecule has 0 saturated carbocycles. The first kappa shape index (κ1) is 27.5. The number of nitro benzene ring substituents is 1. The molecule has 1 unspecified atom stereocenters. The van der Waals surface area contributed by atoms with Crippen LogP contribution in [0.3, 0.4) is 0 Å². The molecule has 0 bridgehead atoms. The molecule has 0 aromatic heterocycles. The number of piperidine rings is 2. The molecule has 3 heterocycles. The summed E-state index contributed by atoms with van der Waals surface area (Å²) in [4.78, 5) is 39.7. The average molecular weight is 596 g/mol. The van der Waals surface area contributed by atoms with Gasteiger partial charge >= 0.3 is 6.11 Å². The van der Waals surface area contributed by atoms with Gasteiger partial charge in [-0.25, -0.2) is 8.78 Å². The van der Waals surface area contributed by atoms with Crippen molar-refractivity contribution in [3.63, 3.8) is 0 Å². The van der Waals surface area contributed by atoms with Crippen molar-refractivity contribution in [3.05, 3.63) is 32.3 Å². The number of halogens is 5. The number of likely N-dealkylation sites (tertiary alicyclic amines) is 1.